The van der Waals surface area contributed by atoms with Gasteiger partial charge < -0.3 is 26.2 Å². The van der Waals surface area contributed by atoms with Crippen molar-refractivity contribution in [3.05, 3.63) is 35.9 Å². The topological polar surface area (TPSA) is 131 Å². The molecular weight excluding hydrogens is 350 g/mol. The fourth-order valence-electron chi connectivity index (χ4n) is 2.52. The molecule has 5 N–H and O–H groups in total. The minimum Gasteiger partial charge on any atom is -0.467 e. The first-order valence-corrected chi connectivity index (χ1v) is 8.87. The van der Waals surface area contributed by atoms with Gasteiger partial charge in [0, 0.05) is 6.42 Å². The summed E-state index contributed by atoms with van der Waals surface area (Å²) in [4.78, 5) is 36.8. The van der Waals surface area contributed by atoms with E-state index in [4.69, 9.17) is 15.6 Å². The largest absolute Gasteiger partial charge is 0.467 e. The molecule has 0 aliphatic carbocycles. The van der Waals surface area contributed by atoms with Crippen molar-refractivity contribution in [3.63, 3.8) is 0 Å². The number of hydrogen-bond acceptors (Lipinski definition) is 6. The molecule has 0 spiro atoms. The third kappa shape index (κ3) is 7.76. The van der Waals surface area contributed by atoms with Crippen molar-refractivity contribution < 1.29 is 24.2 Å². The quantitative estimate of drug-likeness (QED) is 0.414. The van der Waals surface area contributed by atoms with Crippen molar-refractivity contribution in [1.82, 2.24) is 10.6 Å². The second-order valence-corrected chi connectivity index (χ2v) is 6.75. The van der Waals surface area contributed by atoms with Gasteiger partial charge in [0.05, 0.1) is 13.7 Å². The fourth-order valence-corrected chi connectivity index (χ4v) is 2.52. The number of hydrogen-bond donors (Lipinski definition) is 4. The number of amides is 2. The van der Waals surface area contributed by atoms with Crippen LogP contribution >= 0.6 is 0 Å². The van der Waals surface area contributed by atoms with E-state index in [1.807, 2.05) is 44.2 Å². The summed E-state index contributed by atoms with van der Waals surface area (Å²) in [5, 5.41) is 14.2. The Kier molecular flexibility index (Phi) is 9.46. The Hall–Kier alpha value is -2.45. The summed E-state index contributed by atoms with van der Waals surface area (Å²) < 4.78 is 4.79. The molecule has 1 aromatic rings. The standard InChI is InChI=1S/C19H29N3O5/c1-12(2)9-15(21-17(24)14(20)11-23)18(25)22-16(19(26)27-3)10-13-7-5-4-6-8-13/h4-8,12,14-16,23H,9-11,20H2,1-3H3,(H,21,24)(H,22,25)/t14-,15+,16+/m1/s1. The summed E-state index contributed by atoms with van der Waals surface area (Å²) in [6.45, 7) is 3.28. The predicted octanol–water partition coefficient (Wildman–Crippen LogP) is -0.263. The minimum atomic E-state index is -1.12. The summed E-state index contributed by atoms with van der Waals surface area (Å²) in [6.07, 6.45) is 0.618. The Balaban J connectivity index is 2.89. The Morgan fingerprint density at radius 2 is 1.67 bits per heavy atom. The van der Waals surface area contributed by atoms with Crippen LogP contribution in [-0.2, 0) is 25.5 Å². The molecule has 0 radical (unpaired) electrons. The van der Waals surface area contributed by atoms with E-state index in [1.165, 1.54) is 7.11 Å². The van der Waals surface area contributed by atoms with E-state index in [1.54, 1.807) is 0 Å². The first kappa shape index (κ1) is 22.6. The number of nitrogens with one attached hydrogen (secondary N) is 2. The van der Waals surface area contributed by atoms with Gasteiger partial charge in [0.1, 0.15) is 18.1 Å². The van der Waals surface area contributed by atoms with Gasteiger partial charge in [0.2, 0.25) is 11.8 Å². The van der Waals surface area contributed by atoms with E-state index >= 15 is 0 Å². The van der Waals surface area contributed by atoms with Gasteiger partial charge in [-0.2, -0.15) is 0 Å². The van der Waals surface area contributed by atoms with Gasteiger partial charge in [-0.05, 0) is 17.9 Å². The predicted molar refractivity (Wildman–Crippen MR) is 101 cm³/mol. The van der Waals surface area contributed by atoms with E-state index in [0.29, 0.717) is 6.42 Å². The highest BCUT2D eigenvalue weighted by Gasteiger charge is 2.29. The number of carbonyl (C=O) groups is 3. The van der Waals surface area contributed by atoms with Gasteiger partial charge in [-0.1, -0.05) is 44.2 Å². The highest BCUT2D eigenvalue weighted by Crippen LogP contribution is 2.08. The molecule has 8 heteroatoms. The SMILES string of the molecule is COC(=O)[C@H](Cc1ccccc1)NC(=O)[C@H](CC(C)C)NC(=O)[C@H](N)CO. The van der Waals surface area contributed by atoms with Crippen molar-refractivity contribution in [2.45, 2.75) is 44.8 Å². The lowest BCUT2D eigenvalue weighted by Crippen LogP contribution is -2.55. The van der Waals surface area contributed by atoms with Gasteiger partial charge in [0.25, 0.3) is 0 Å². The lowest BCUT2D eigenvalue weighted by atomic mass is 10.0. The average molecular weight is 379 g/mol. The van der Waals surface area contributed by atoms with Crippen LogP contribution in [0.1, 0.15) is 25.8 Å². The van der Waals surface area contributed by atoms with Crippen LogP contribution in [-0.4, -0.2) is 54.7 Å². The minimum absolute atomic E-state index is 0.108. The molecule has 0 saturated carbocycles. The van der Waals surface area contributed by atoms with Crippen LogP contribution in [0.5, 0.6) is 0 Å². The van der Waals surface area contributed by atoms with Crippen molar-refractivity contribution in [1.29, 1.82) is 0 Å². The Morgan fingerprint density at radius 3 is 2.19 bits per heavy atom. The normalized spacial score (nSPS) is 14.1. The molecule has 150 valence electrons. The molecule has 0 aliphatic heterocycles. The van der Waals surface area contributed by atoms with E-state index in [2.05, 4.69) is 10.6 Å². The molecule has 27 heavy (non-hydrogen) atoms. The molecule has 2 amide bonds. The summed E-state index contributed by atoms with van der Waals surface area (Å²) in [5.41, 5.74) is 6.36. The number of carbonyl (C=O) groups excluding carboxylic acids is 3. The number of aliphatic hydroxyl groups excluding tert-OH is 1. The second-order valence-electron chi connectivity index (χ2n) is 6.75. The van der Waals surface area contributed by atoms with Gasteiger partial charge >= 0.3 is 5.97 Å². The van der Waals surface area contributed by atoms with Crippen LogP contribution in [0.3, 0.4) is 0 Å². The van der Waals surface area contributed by atoms with Crippen LogP contribution in [0.4, 0.5) is 0 Å². The number of ether oxygens (including phenoxy) is 1. The zero-order valence-electron chi connectivity index (χ0n) is 16.0. The molecule has 0 aliphatic rings. The van der Waals surface area contributed by atoms with Crippen LogP contribution in [0.2, 0.25) is 0 Å². The number of aliphatic hydroxyl groups is 1. The number of esters is 1. The van der Waals surface area contributed by atoms with Crippen molar-refractivity contribution in [3.8, 4) is 0 Å². The molecular formula is C19H29N3O5. The van der Waals surface area contributed by atoms with Gasteiger partial charge in [0.15, 0.2) is 0 Å². The van der Waals surface area contributed by atoms with Crippen LogP contribution < -0.4 is 16.4 Å². The van der Waals surface area contributed by atoms with Crippen molar-refractivity contribution >= 4 is 17.8 Å². The van der Waals surface area contributed by atoms with Gasteiger partial charge in [-0.15, -0.1) is 0 Å². The second kappa shape index (κ2) is 11.3. The summed E-state index contributed by atoms with van der Waals surface area (Å²) in [7, 11) is 1.25. The average Bonchev–Trinajstić information content (AvgIpc) is 2.65. The monoisotopic (exact) mass is 379 g/mol. The number of methoxy groups -OCH3 is 1. The third-order valence-corrected chi connectivity index (χ3v) is 3.96. The third-order valence-electron chi connectivity index (χ3n) is 3.96. The first-order valence-electron chi connectivity index (χ1n) is 8.87. The maximum atomic E-state index is 12.7. The maximum Gasteiger partial charge on any atom is 0.328 e. The summed E-state index contributed by atoms with van der Waals surface area (Å²) in [6, 6.07) is 6.33. The van der Waals surface area contributed by atoms with Crippen molar-refractivity contribution in [2.24, 2.45) is 11.7 Å². The van der Waals surface area contributed by atoms with Crippen LogP contribution in [0.25, 0.3) is 0 Å². The molecule has 0 heterocycles. The zero-order valence-corrected chi connectivity index (χ0v) is 16.0. The molecule has 1 rings (SSSR count). The van der Waals surface area contributed by atoms with Crippen LogP contribution in [0, 0.1) is 5.92 Å². The molecule has 0 bridgehead atoms. The Morgan fingerprint density at radius 1 is 1.07 bits per heavy atom. The molecule has 1 aromatic carbocycles. The van der Waals surface area contributed by atoms with E-state index in [9.17, 15) is 14.4 Å². The molecule has 8 nitrogen and oxygen atoms in total. The molecule has 0 saturated heterocycles. The number of rotatable bonds is 10. The van der Waals surface area contributed by atoms with Crippen LogP contribution in [0.15, 0.2) is 30.3 Å². The van der Waals surface area contributed by atoms with E-state index in [-0.39, 0.29) is 12.3 Å². The highest BCUT2D eigenvalue weighted by atomic mass is 16.5. The molecule has 0 unspecified atom stereocenters. The summed E-state index contributed by atoms with van der Waals surface area (Å²) >= 11 is 0. The Bertz CT molecular complexity index is 621. The highest BCUT2D eigenvalue weighted by molar-refractivity contribution is 5.92. The lowest BCUT2D eigenvalue weighted by molar-refractivity contribution is -0.145. The van der Waals surface area contributed by atoms with Gasteiger partial charge in [-0.25, -0.2) is 4.79 Å². The van der Waals surface area contributed by atoms with E-state index in [0.717, 1.165) is 5.56 Å². The smallest absolute Gasteiger partial charge is 0.328 e. The molecule has 3 atom stereocenters. The summed E-state index contributed by atoms with van der Waals surface area (Å²) in [5.74, 6) is -1.60. The first-order chi connectivity index (χ1) is 12.8. The van der Waals surface area contributed by atoms with Crippen molar-refractivity contribution in [2.75, 3.05) is 13.7 Å². The zero-order chi connectivity index (χ0) is 20.4. The number of nitrogens with two attached hydrogens (primary N) is 1. The van der Waals surface area contributed by atoms with E-state index < -0.39 is 42.5 Å². The van der Waals surface area contributed by atoms with Gasteiger partial charge in [-0.3, -0.25) is 9.59 Å². The number of benzene rings is 1. The Labute approximate surface area is 159 Å². The fraction of sp³-hybridized carbons (Fsp3) is 0.526. The maximum absolute atomic E-state index is 12.7. The molecule has 0 aromatic heterocycles. The molecule has 0 fully saturated rings. The lowest BCUT2D eigenvalue weighted by Gasteiger charge is -2.24.